The van der Waals surface area contributed by atoms with Crippen LogP contribution in [0.2, 0.25) is 0 Å². The van der Waals surface area contributed by atoms with Gasteiger partial charge in [0.1, 0.15) is 16.9 Å². The first kappa shape index (κ1) is 18.7. The van der Waals surface area contributed by atoms with Crippen molar-refractivity contribution in [2.45, 2.75) is 32.7 Å². The fourth-order valence-corrected chi connectivity index (χ4v) is 4.11. The number of nitrogens with zero attached hydrogens (tertiary/aromatic N) is 5. The molecule has 0 bridgehead atoms. The molecule has 5 rings (SSSR count). The van der Waals surface area contributed by atoms with Crippen LogP contribution in [-0.2, 0) is 0 Å². The first-order chi connectivity index (χ1) is 14.7. The predicted molar refractivity (Wildman–Crippen MR) is 117 cm³/mol. The summed E-state index contributed by atoms with van der Waals surface area (Å²) in [5.41, 5.74) is 3.68. The second-order valence-electron chi connectivity index (χ2n) is 7.61. The molecule has 0 spiro atoms. The van der Waals surface area contributed by atoms with Crippen molar-refractivity contribution in [3.8, 4) is 11.3 Å². The molecule has 1 unspecified atom stereocenters. The van der Waals surface area contributed by atoms with Gasteiger partial charge in [-0.1, -0.05) is 0 Å². The number of anilines is 1. The normalized spacial score (nSPS) is 16.9. The van der Waals surface area contributed by atoms with Crippen molar-refractivity contribution >= 4 is 28.1 Å². The molecule has 9 heteroatoms. The number of pyridine rings is 1. The van der Waals surface area contributed by atoms with Crippen molar-refractivity contribution in [2.24, 2.45) is 0 Å². The van der Waals surface area contributed by atoms with Gasteiger partial charge in [-0.15, -0.1) is 0 Å². The average molecular weight is 404 g/mol. The summed E-state index contributed by atoms with van der Waals surface area (Å²) in [4.78, 5) is 35.2. The van der Waals surface area contributed by atoms with Crippen molar-refractivity contribution in [2.75, 3.05) is 25.0 Å². The van der Waals surface area contributed by atoms with Crippen LogP contribution in [-0.4, -0.2) is 49.1 Å². The topological polar surface area (TPSA) is 113 Å². The molecule has 0 aliphatic carbocycles. The summed E-state index contributed by atoms with van der Waals surface area (Å²) in [7, 11) is 0. The molecule has 30 heavy (non-hydrogen) atoms. The molecule has 1 fully saturated rings. The summed E-state index contributed by atoms with van der Waals surface area (Å²) in [6.07, 6.45) is 5.46. The summed E-state index contributed by atoms with van der Waals surface area (Å²) < 4.78 is 1.81. The van der Waals surface area contributed by atoms with Crippen LogP contribution in [0.25, 0.3) is 33.5 Å². The summed E-state index contributed by atoms with van der Waals surface area (Å²) in [5.74, 6) is 0.518. The zero-order valence-corrected chi connectivity index (χ0v) is 17.1. The Hall–Kier alpha value is -3.33. The number of fused-ring (bicyclic) bond motifs is 2. The fourth-order valence-electron chi connectivity index (χ4n) is 4.11. The van der Waals surface area contributed by atoms with Crippen molar-refractivity contribution in [3.63, 3.8) is 0 Å². The number of piperidine rings is 1. The third kappa shape index (κ3) is 3.11. The van der Waals surface area contributed by atoms with E-state index in [2.05, 4.69) is 30.6 Å². The molecule has 1 atom stereocenters. The summed E-state index contributed by atoms with van der Waals surface area (Å²) in [5, 5.41) is 7.50. The SMILES string of the molecule is CCNc1nc(C)c2nc(-c3cnc4[nH]ccc4c3)c(=O)n(C3CCCNC3)c2n1. The maximum Gasteiger partial charge on any atom is 0.279 e. The molecular formula is C21H24N8O. The minimum Gasteiger partial charge on any atom is -0.354 e. The van der Waals surface area contributed by atoms with Gasteiger partial charge in [0.15, 0.2) is 5.65 Å². The number of hydrogen-bond acceptors (Lipinski definition) is 7. The maximum absolute atomic E-state index is 13.7. The van der Waals surface area contributed by atoms with E-state index < -0.39 is 0 Å². The van der Waals surface area contributed by atoms with Gasteiger partial charge in [-0.2, -0.15) is 4.98 Å². The predicted octanol–water partition coefficient (Wildman–Crippen LogP) is 2.39. The van der Waals surface area contributed by atoms with E-state index >= 15 is 0 Å². The van der Waals surface area contributed by atoms with Gasteiger partial charge in [0.05, 0.1) is 11.7 Å². The number of aromatic amines is 1. The smallest absolute Gasteiger partial charge is 0.279 e. The van der Waals surface area contributed by atoms with Crippen LogP contribution in [0.4, 0.5) is 5.95 Å². The number of hydrogen-bond donors (Lipinski definition) is 3. The van der Waals surface area contributed by atoms with E-state index in [0.29, 0.717) is 34.9 Å². The van der Waals surface area contributed by atoms with Crippen LogP contribution >= 0.6 is 0 Å². The van der Waals surface area contributed by atoms with E-state index in [1.54, 1.807) is 10.8 Å². The molecule has 154 valence electrons. The lowest BCUT2D eigenvalue weighted by atomic mass is 10.1. The average Bonchev–Trinajstić information content (AvgIpc) is 3.22. The van der Waals surface area contributed by atoms with E-state index in [9.17, 15) is 4.79 Å². The molecule has 5 heterocycles. The van der Waals surface area contributed by atoms with Crippen LogP contribution in [0.5, 0.6) is 0 Å². The Labute approximate surface area is 173 Å². The molecule has 1 aliphatic rings. The molecule has 0 amide bonds. The molecule has 0 aromatic carbocycles. The van der Waals surface area contributed by atoms with Crippen molar-refractivity contribution in [1.29, 1.82) is 0 Å². The highest BCUT2D eigenvalue weighted by Crippen LogP contribution is 2.25. The second kappa shape index (κ2) is 7.49. The minimum atomic E-state index is -0.145. The number of H-pyrrole nitrogens is 1. The summed E-state index contributed by atoms with van der Waals surface area (Å²) in [6, 6.07) is 3.90. The molecule has 0 radical (unpaired) electrons. The lowest BCUT2D eigenvalue weighted by Gasteiger charge is -2.26. The Morgan fingerprint density at radius 3 is 3.00 bits per heavy atom. The third-order valence-corrected chi connectivity index (χ3v) is 5.56. The lowest BCUT2D eigenvalue weighted by Crippen LogP contribution is -2.38. The van der Waals surface area contributed by atoms with Gasteiger partial charge in [-0.3, -0.25) is 9.36 Å². The zero-order valence-electron chi connectivity index (χ0n) is 17.1. The van der Waals surface area contributed by atoms with Gasteiger partial charge in [0, 0.05) is 36.4 Å². The van der Waals surface area contributed by atoms with Gasteiger partial charge in [0.25, 0.3) is 5.56 Å². The van der Waals surface area contributed by atoms with Gasteiger partial charge >= 0.3 is 0 Å². The highest BCUT2D eigenvalue weighted by Gasteiger charge is 2.24. The third-order valence-electron chi connectivity index (χ3n) is 5.56. The Morgan fingerprint density at radius 1 is 1.30 bits per heavy atom. The van der Waals surface area contributed by atoms with Crippen molar-refractivity contribution < 1.29 is 0 Å². The summed E-state index contributed by atoms with van der Waals surface area (Å²) in [6.45, 7) is 6.29. The first-order valence-corrected chi connectivity index (χ1v) is 10.3. The first-order valence-electron chi connectivity index (χ1n) is 10.3. The van der Waals surface area contributed by atoms with Crippen LogP contribution < -0.4 is 16.2 Å². The van der Waals surface area contributed by atoms with Crippen LogP contribution in [0.3, 0.4) is 0 Å². The van der Waals surface area contributed by atoms with Crippen molar-refractivity contribution in [3.05, 3.63) is 40.6 Å². The molecule has 0 saturated carbocycles. The second-order valence-corrected chi connectivity index (χ2v) is 7.61. The van der Waals surface area contributed by atoms with E-state index in [1.165, 1.54) is 0 Å². The fraction of sp³-hybridized carbons (Fsp3) is 0.381. The molecule has 3 N–H and O–H groups in total. The molecule has 1 saturated heterocycles. The number of rotatable bonds is 4. The van der Waals surface area contributed by atoms with E-state index in [-0.39, 0.29) is 11.6 Å². The number of aromatic nitrogens is 6. The van der Waals surface area contributed by atoms with Gasteiger partial charge in [-0.05, 0) is 45.4 Å². The van der Waals surface area contributed by atoms with Gasteiger partial charge in [0.2, 0.25) is 5.95 Å². The van der Waals surface area contributed by atoms with Crippen LogP contribution in [0.15, 0.2) is 29.3 Å². The van der Waals surface area contributed by atoms with E-state index in [4.69, 9.17) is 4.98 Å². The Kier molecular flexibility index (Phi) is 4.66. The highest BCUT2D eigenvalue weighted by molar-refractivity contribution is 5.82. The van der Waals surface area contributed by atoms with E-state index in [0.717, 1.165) is 42.7 Å². The molecule has 1 aliphatic heterocycles. The molecular weight excluding hydrogens is 380 g/mol. The van der Waals surface area contributed by atoms with Crippen molar-refractivity contribution in [1.82, 2.24) is 34.8 Å². The van der Waals surface area contributed by atoms with Crippen LogP contribution in [0.1, 0.15) is 31.5 Å². The Balaban J connectivity index is 1.79. The Bertz CT molecular complexity index is 1290. The van der Waals surface area contributed by atoms with Crippen LogP contribution in [0, 0.1) is 6.92 Å². The summed E-state index contributed by atoms with van der Waals surface area (Å²) >= 11 is 0. The number of aryl methyl sites for hydroxylation is 1. The number of nitrogens with one attached hydrogen (secondary N) is 3. The Morgan fingerprint density at radius 2 is 2.20 bits per heavy atom. The standard InChI is InChI=1S/C21H24N8O/c1-3-23-21-26-12(2)16-19(28-21)29(15-5-4-7-22-11-15)20(30)17(27-16)14-9-13-6-8-24-18(13)25-10-14/h6,8-10,15,22H,3-5,7,11H2,1-2H3,(H,24,25)(H,23,26,28). The molecule has 4 aromatic rings. The minimum absolute atomic E-state index is 0.0169. The quantitative estimate of drug-likeness (QED) is 0.479. The molecule has 9 nitrogen and oxygen atoms in total. The zero-order chi connectivity index (χ0) is 20.7. The lowest BCUT2D eigenvalue weighted by molar-refractivity contribution is 0.370. The largest absolute Gasteiger partial charge is 0.354 e. The van der Waals surface area contributed by atoms with Gasteiger partial charge < -0.3 is 15.6 Å². The van der Waals surface area contributed by atoms with Gasteiger partial charge in [-0.25, -0.2) is 15.0 Å². The molecule has 4 aromatic heterocycles. The van der Waals surface area contributed by atoms with E-state index in [1.807, 2.05) is 32.2 Å². The maximum atomic E-state index is 13.7. The monoisotopic (exact) mass is 404 g/mol. The highest BCUT2D eigenvalue weighted by atomic mass is 16.1.